The van der Waals surface area contributed by atoms with E-state index >= 15 is 0 Å². The number of hydrogen-bond acceptors (Lipinski definition) is 7. The number of carbonyl (C=O) groups excluding carboxylic acids is 2. The molecule has 1 aromatic carbocycles. The molecule has 1 aromatic rings. The van der Waals surface area contributed by atoms with Crippen LogP contribution in [0.4, 0.5) is 13.2 Å². The second kappa shape index (κ2) is 7.83. The number of benzene rings is 1. The monoisotopic (exact) mass is 382 g/mol. The number of hydrogen-bond donors (Lipinski definition) is 1. The predicted molar refractivity (Wildman–Crippen MR) is 87.0 cm³/mol. The maximum absolute atomic E-state index is 12.9. The summed E-state index contributed by atoms with van der Waals surface area (Å²) in [4.78, 5) is 22.8. The first-order valence-corrected chi connectivity index (χ1v) is 7.57. The molecule has 11 heteroatoms. The predicted octanol–water partition coefficient (Wildman–Crippen LogP) is 2.19. The lowest BCUT2D eigenvalue weighted by Crippen LogP contribution is -2.19. The highest BCUT2D eigenvalue weighted by Gasteiger charge is 2.33. The highest BCUT2D eigenvalue weighted by Crippen LogP contribution is 2.32. The molecular formula is C15H9F3N4O3S. The third-order valence-electron chi connectivity index (χ3n) is 2.93. The van der Waals surface area contributed by atoms with Gasteiger partial charge in [0.1, 0.15) is 0 Å². The van der Waals surface area contributed by atoms with Gasteiger partial charge in [0.2, 0.25) is 0 Å². The zero-order valence-electron chi connectivity index (χ0n) is 13.0. The van der Waals surface area contributed by atoms with Gasteiger partial charge < -0.3 is 4.74 Å². The second-order valence-corrected chi connectivity index (χ2v) is 5.68. The highest BCUT2D eigenvalue weighted by atomic mass is 32.2. The number of ether oxygens (including phenoxy) is 1. The van der Waals surface area contributed by atoms with Gasteiger partial charge in [-0.2, -0.15) is 23.5 Å². The third-order valence-corrected chi connectivity index (χ3v) is 3.83. The van der Waals surface area contributed by atoms with E-state index in [-0.39, 0.29) is 15.6 Å². The van der Waals surface area contributed by atoms with E-state index in [4.69, 9.17) is 5.26 Å². The Morgan fingerprint density at radius 2 is 2.15 bits per heavy atom. The molecule has 1 aliphatic rings. The van der Waals surface area contributed by atoms with Crippen molar-refractivity contribution in [3.05, 3.63) is 45.9 Å². The molecule has 1 saturated heterocycles. The number of carbonyl (C=O) groups is 2. The molecule has 0 radical (unpaired) electrons. The van der Waals surface area contributed by atoms with E-state index in [0.717, 1.165) is 43.3 Å². The van der Waals surface area contributed by atoms with E-state index in [0.29, 0.717) is 0 Å². The van der Waals surface area contributed by atoms with Crippen LogP contribution in [0.2, 0.25) is 0 Å². The fourth-order valence-corrected chi connectivity index (χ4v) is 2.50. The average Bonchev–Trinajstić information content (AvgIpc) is 2.93. The Balaban J connectivity index is 2.18. The molecule has 1 N–H and O–H groups in total. The van der Waals surface area contributed by atoms with Crippen molar-refractivity contribution in [1.29, 1.82) is 5.26 Å². The molecule has 1 amide bonds. The Kier molecular flexibility index (Phi) is 5.78. The number of nitriles is 1. The first-order valence-electron chi connectivity index (χ1n) is 6.76. The first kappa shape index (κ1) is 19.2. The minimum absolute atomic E-state index is 0.0449. The molecule has 0 bridgehead atoms. The van der Waals surface area contributed by atoms with Crippen LogP contribution in [-0.4, -0.2) is 30.4 Å². The van der Waals surface area contributed by atoms with Gasteiger partial charge in [0, 0.05) is 6.08 Å². The van der Waals surface area contributed by atoms with Crippen molar-refractivity contribution in [2.75, 3.05) is 7.11 Å². The van der Waals surface area contributed by atoms with Gasteiger partial charge in [-0.1, -0.05) is 6.07 Å². The fourth-order valence-electron chi connectivity index (χ4n) is 1.76. The Hall–Kier alpha value is -3.13. The molecule has 134 valence electrons. The number of amides is 1. The van der Waals surface area contributed by atoms with Gasteiger partial charge in [0.05, 0.1) is 35.4 Å². The molecule has 7 nitrogen and oxygen atoms in total. The normalized spacial score (nSPS) is 17.6. The molecule has 2 rings (SSSR count). The van der Waals surface area contributed by atoms with Crippen molar-refractivity contribution < 1.29 is 27.5 Å². The third kappa shape index (κ3) is 4.70. The number of nitrogens with one attached hydrogen (secondary N) is 1. The van der Waals surface area contributed by atoms with E-state index in [9.17, 15) is 22.8 Å². The quantitative estimate of drug-likeness (QED) is 0.374. The van der Waals surface area contributed by atoms with Crippen molar-refractivity contribution in [2.24, 2.45) is 10.2 Å². The van der Waals surface area contributed by atoms with Gasteiger partial charge in [-0.3, -0.25) is 10.1 Å². The number of thioether (sulfide) groups is 1. The number of esters is 1. The Bertz CT molecular complexity index is 885. The van der Waals surface area contributed by atoms with Crippen LogP contribution < -0.4 is 5.32 Å². The SMILES string of the molecule is COC(=O)/C=C1/S/C(=N\N=Cc2ccc(C#N)c(C(F)(F)F)c2)NC1=O. The molecule has 0 aromatic heterocycles. The molecule has 0 atom stereocenters. The van der Waals surface area contributed by atoms with Crippen molar-refractivity contribution in [1.82, 2.24) is 5.32 Å². The van der Waals surface area contributed by atoms with Crippen LogP contribution in [0.15, 0.2) is 39.4 Å². The largest absolute Gasteiger partial charge is 0.466 e. The Morgan fingerprint density at radius 1 is 1.42 bits per heavy atom. The van der Waals surface area contributed by atoms with Crippen molar-refractivity contribution in [3.8, 4) is 6.07 Å². The summed E-state index contributed by atoms with van der Waals surface area (Å²) >= 11 is 0.824. The van der Waals surface area contributed by atoms with Crippen molar-refractivity contribution in [2.45, 2.75) is 6.18 Å². The summed E-state index contributed by atoms with van der Waals surface area (Å²) in [5.74, 6) is -1.29. The number of methoxy groups -OCH3 is 1. The lowest BCUT2D eigenvalue weighted by Gasteiger charge is -2.08. The van der Waals surface area contributed by atoms with Gasteiger partial charge in [0.15, 0.2) is 5.17 Å². The molecule has 0 unspecified atom stereocenters. The van der Waals surface area contributed by atoms with E-state index < -0.39 is 29.2 Å². The molecule has 0 saturated carbocycles. The molecule has 0 spiro atoms. The number of alkyl halides is 3. The van der Waals surface area contributed by atoms with Gasteiger partial charge >= 0.3 is 12.1 Å². The number of amidine groups is 1. The van der Waals surface area contributed by atoms with Gasteiger partial charge in [-0.05, 0) is 29.5 Å². The summed E-state index contributed by atoms with van der Waals surface area (Å²) in [6.07, 6.45) is -2.66. The van der Waals surface area contributed by atoms with Crippen LogP contribution in [0.1, 0.15) is 16.7 Å². The first-order chi connectivity index (χ1) is 12.2. The fraction of sp³-hybridized carbons (Fsp3) is 0.133. The van der Waals surface area contributed by atoms with E-state index in [1.165, 1.54) is 12.1 Å². The van der Waals surface area contributed by atoms with Crippen LogP contribution in [0.25, 0.3) is 0 Å². The van der Waals surface area contributed by atoms with E-state index in [1.54, 1.807) is 0 Å². The highest BCUT2D eigenvalue weighted by molar-refractivity contribution is 8.18. The zero-order valence-corrected chi connectivity index (χ0v) is 13.8. The summed E-state index contributed by atoms with van der Waals surface area (Å²) in [7, 11) is 1.16. The smallest absolute Gasteiger partial charge is 0.417 e. The summed E-state index contributed by atoms with van der Waals surface area (Å²) < 4.78 is 43.1. The molecular weight excluding hydrogens is 373 g/mol. The number of rotatable bonds is 3. The van der Waals surface area contributed by atoms with Crippen LogP contribution >= 0.6 is 11.8 Å². The van der Waals surface area contributed by atoms with Crippen LogP contribution in [0, 0.1) is 11.3 Å². The lowest BCUT2D eigenvalue weighted by atomic mass is 10.0. The van der Waals surface area contributed by atoms with Crippen LogP contribution in [-0.2, 0) is 20.5 Å². The van der Waals surface area contributed by atoms with Gasteiger partial charge in [-0.25, -0.2) is 4.79 Å². The molecule has 1 heterocycles. The molecule has 0 aliphatic carbocycles. The van der Waals surface area contributed by atoms with Crippen LogP contribution in [0.3, 0.4) is 0 Å². The van der Waals surface area contributed by atoms with Crippen LogP contribution in [0.5, 0.6) is 0 Å². The van der Waals surface area contributed by atoms with Gasteiger partial charge in [-0.15, -0.1) is 5.10 Å². The summed E-state index contributed by atoms with van der Waals surface area (Å²) in [6.45, 7) is 0. The number of halogens is 3. The molecule has 26 heavy (non-hydrogen) atoms. The van der Waals surface area contributed by atoms with Crippen molar-refractivity contribution >= 4 is 35.0 Å². The van der Waals surface area contributed by atoms with Crippen molar-refractivity contribution in [3.63, 3.8) is 0 Å². The number of nitrogens with zero attached hydrogens (tertiary/aromatic N) is 3. The van der Waals surface area contributed by atoms with E-state index in [1.807, 2.05) is 0 Å². The average molecular weight is 382 g/mol. The summed E-state index contributed by atoms with van der Waals surface area (Å²) in [5.41, 5.74) is -1.51. The standard InChI is InChI=1S/C15H9F3N4O3S/c1-25-12(23)5-11-13(24)21-14(26-11)22-20-7-8-2-3-9(6-19)10(4-8)15(16,17)18/h2-5,7H,1H3,(H,21,22,24)/b11-5+,20-7?. The molecule has 1 fully saturated rings. The minimum atomic E-state index is -4.68. The Labute approximate surface area is 149 Å². The van der Waals surface area contributed by atoms with Gasteiger partial charge in [0.25, 0.3) is 5.91 Å². The molecule has 1 aliphatic heterocycles. The lowest BCUT2D eigenvalue weighted by molar-refractivity contribution is -0.138. The summed E-state index contributed by atoms with van der Waals surface area (Å²) in [6, 6.07) is 4.55. The topological polar surface area (TPSA) is 104 Å². The minimum Gasteiger partial charge on any atom is -0.466 e. The van der Waals surface area contributed by atoms with E-state index in [2.05, 4.69) is 20.3 Å². The summed E-state index contributed by atoms with van der Waals surface area (Å²) in [5, 5.41) is 18.4. The maximum atomic E-state index is 12.9. The second-order valence-electron chi connectivity index (χ2n) is 4.65. The maximum Gasteiger partial charge on any atom is 0.417 e. The Morgan fingerprint density at radius 3 is 2.77 bits per heavy atom. The zero-order chi connectivity index (χ0) is 19.3.